The van der Waals surface area contributed by atoms with Crippen LogP contribution >= 0.6 is 11.3 Å². The molecule has 0 amide bonds. The number of aryl methyl sites for hydroxylation is 1. The van der Waals surface area contributed by atoms with Crippen molar-refractivity contribution in [3.8, 4) is 0 Å². The lowest BCUT2D eigenvalue weighted by Crippen LogP contribution is -2.62. The quantitative estimate of drug-likeness (QED) is 0.159. The van der Waals surface area contributed by atoms with Crippen molar-refractivity contribution in [3.05, 3.63) is 192 Å². The van der Waals surface area contributed by atoms with Gasteiger partial charge in [0.1, 0.15) is 0 Å². The van der Waals surface area contributed by atoms with E-state index in [4.69, 9.17) is 0 Å². The van der Waals surface area contributed by atoms with E-state index in [2.05, 4.69) is 222 Å². The summed E-state index contributed by atoms with van der Waals surface area (Å²) in [4.78, 5) is 7.20. The first-order valence-electron chi connectivity index (χ1n) is 26.9. The first kappa shape index (κ1) is 40.2. The van der Waals surface area contributed by atoms with Gasteiger partial charge in [0.15, 0.2) is 0 Å². The molecule has 0 radical (unpaired) electrons. The molecule has 8 aromatic carbocycles. The molecule has 0 bridgehead atoms. The zero-order valence-corrected chi connectivity index (χ0v) is 42.6. The highest BCUT2D eigenvalue weighted by Gasteiger charge is 2.47. The van der Waals surface area contributed by atoms with E-state index in [9.17, 15) is 4.11 Å². The summed E-state index contributed by atoms with van der Waals surface area (Å²) in [7, 11) is 0. The topological polar surface area (TPSA) is 9.72 Å². The monoisotopic (exact) mass is 930 g/mol. The van der Waals surface area contributed by atoms with Crippen molar-refractivity contribution in [3.63, 3.8) is 0 Å². The molecule has 5 heteroatoms. The number of anilines is 9. The molecule has 1 aromatic heterocycles. The number of rotatable bonds is 5. The molecule has 3 nitrogen and oxygen atoms in total. The third kappa shape index (κ3) is 6.53. The van der Waals surface area contributed by atoms with Crippen molar-refractivity contribution in [2.75, 3.05) is 14.7 Å². The molecular formula is C65H62BN3S. The van der Waals surface area contributed by atoms with Gasteiger partial charge in [-0.1, -0.05) is 134 Å². The molecule has 0 spiro atoms. The SMILES string of the molecule is [2H]C([2H])([2H])c1cc2c3c(c1)N(c1ccc4c(c1)C(C)(C)CCC4(C)C)c1cc4c(cc1B3c1ccc(N(c3ccccc3)c3ccccc3)cc1N2c1ccc2c(c1)sc1ccccc12)C(C)(C)CCC4(C)C. The Kier molecular flexibility index (Phi) is 8.74. The predicted molar refractivity (Wildman–Crippen MR) is 303 cm³/mol. The minimum absolute atomic E-state index is 0.0318. The number of para-hydroxylation sites is 2. The molecule has 3 heterocycles. The van der Waals surface area contributed by atoms with Crippen molar-refractivity contribution in [1.29, 1.82) is 0 Å². The Morgan fingerprint density at radius 2 is 0.971 bits per heavy atom. The fourth-order valence-corrected chi connectivity index (χ4v) is 14.0. The van der Waals surface area contributed by atoms with E-state index in [-0.39, 0.29) is 28.4 Å². The number of hydrogen-bond donors (Lipinski definition) is 0. The molecule has 0 saturated carbocycles. The highest BCUT2D eigenvalue weighted by molar-refractivity contribution is 7.25. The van der Waals surface area contributed by atoms with Crippen LogP contribution in [0.5, 0.6) is 0 Å². The fraction of sp³-hybridized carbons (Fsp3) is 0.262. The van der Waals surface area contributed by atoms with Gasteiger partial charge in [0.25, 0.3) is 6.71 Å². The smallest absolute Gasteiger partial charge is 0.252 e. The summed E-state index contributed by atoms with van der Waals surface area (Å²) in [6.45, 7) is 16.7. The number of fused-ring (bicyclic) bond motifs is 9. The minimum Gasteiger partial charge on any atom is -0.311 e. The summed E-state index contributed by atoms with van der Waals surface area (Å²) < 4.78 is 30.2. The molecule has 2 aliphatic heterocycles. The van der Waals surface area contributed by atoms with Gasteiger partial charge >= 0.3 is 0 Å². The largest absolute Gasteiger partial charge is 0.311 e. The van der Waals surface area contributed by atoms with Crippen LogP contribution in [-0.2, 0) is 21.7 Å². The average molecular weight is 931 g/mol. The predicted octanol–water partition coefficient (Wildman–Crippen LogP) is 16.6. The molecular weight excluding hydrogens is 866 g/mol. The van der Waals surface area contributed by atoms with Crippen molar-refractivity contribution in [2.24, 2.45) is 0 Å². The highest BCUT2D eigenvalue weighted by Crippen LogP contribution is 2.53. The first-order chi connectivity index (χ1) is 34.8. The second kappa shape index (κ2) is 15.2. The van der Waals surface area contributed by atoms with Crippen LogP contribution in [0.15, 0.2) is 164 Å². The van der Waals surface area contributed by atoms with Crippen LogP contribution in [0, 0.1) is 6.85 Å². The number of benzene rings is 8. The first-order valence-corrected chi connectivity index (χ1v) is 26.2. The summed E-state index contributed by atoms with van der Waals surface area (Å²) in [5, 5.41) is 2.47. The summed E-state index contributed by atoms with van der Waals surface area (Å²) in [5.41, 5.74) is 18.6. The van der Waals surface area contributed by atoms with Crippen LogP contribution in [0.3, 0.4) is 0 Å². The zero-order chi connectivity index (χ0) is 50.6. The van der Waals surface area contributed by atoms with Crippen LogP contribution in [0.1, 0.15) is 113 Å². The van der Waals surface area contributed by atoms with Crippen LogP contribution in [0.2, 0.25) is 0 Å². The van der Waals surface area contributed by atoms with Crippen LogP contribution in [0.4, 0.5) is 51.2 Å². The standard InChI is InChI=1S/C65H62BN3S/c1-41-34-57-61-58(35-41)69(46-24-27-48-47-22-16-17-23-59(47)70-60(48)38-46)55-37-45(67(42-18-12-10-13-19-42)43-20-14-11-15-21-43)26-29-53(55)66(61)54-39-51-52(65(8,9)33-32-64(51,6)7)40-56(54)68(57)44-25-28-49-50(36-44)63(4,5)31-30-62(49,2)3/h10-29,34-40H,30-33H2,1-9H3/i1D3. The van der Waals surface area contributed by atoms with Gasteiger partial charge < -0.3 is 14.7 Å². The Hall–Kier alpha value is -6.56. The van der Waals surface area contributed by atoms with Crippen molar-refractivity contribution in [1.82, 2.24) is 0 Å². The summed E-state index contributed by atoms with van der Waals surface area (Å²) in [5.74, 6) is 0. The Bertz CT molecular complexity index is 3680. The van der Waals surface area contributed by atoms with Crippen LogP contribution in [0.25, 0.3) is 20.2 Å². The highest BCUT2D eigenvalue weighted by atomic mass is 32.1. The number of thiophene rings is 1. The fourth-order valence-electron chi connectivity index (χ4n) is 12.9. The lowest BCUT2D eigenvalue weighted by atomic mass is 9.33. The Labute approximate surface area is 423 Å². The van der Waals surface area contributed by atoms with Gasteiger partial charge in [-0.25, -0.2) is 0 Å². The number of hydrogen-bond acceptors (Lipinski definition) is 4. The minimum atomic E-state index is -2.39. The van der Waals surface area contributed by atoms with Crippen molar-refractivity contribution < 1.29 is 4.11 Å². The van der Waals surface area contributed by atoms with Crippen LogP contribution in [-0.4, -0.2) is 6.71 Å². The van der Waals surface area contributed by atoms with Gasteiger partial charge in [-0.15, -0.1) is 11.3 Å². The molecule has 4 aliphatic rings. The van der Waals surface area contributed by atoms with Gasteiger partial charge in [0, 0.05) is 75.5 Å². The van der Waals surface area contributed by atoms with E-state index < -0.39 is 6.85 Å². The molecule has 0 atom stereocenters. The van der Waals surface area contributed by atoms with E-state index in [1.54, 1.807) is 0 Å². The van der Waals surface area contributed by atoms with Crippen molar-refractivity contribution >= 4 is 106 Å². The van der Waals surface area contributed by atoms with E-state index >= 15 is 0 Å². The van der Waals surface area contributed by atoms with E-state index in [1.165, 1.54) is 53.4 Å². The maximum Gasteiger partial charge on any atom is 0.252 e. The normalized spacial score (nSPS) is 18.5. The number of nitrogens with zero attached hydrogens (tertiary/aromatic N) is 3. The Morgan fingerprint density at radius 3 is 1.61 bits per heavy atom. The van der Waals surface area contributed by atoms with E-state index in [1.807, 2.05) is 23.5 Å². The average Bonchev–Trinajstić information content (AvgIpc) is 3.75. The Morgan fingerprint density at radius 1 is 0.443 bits per heavy atom. The third-order valence-corrected chi connectivity index (χ3v) is 18.2. The van der Waals surface area contributed by atoms with Gasteiger partial charge in [-0.2, -0.15) is 0 Å². The molecule has 0 unspecified atom stereocenters. The lowest BCUT2D eigenvalue weighted by molar-refractivity contribution is 0.332. The molecule has 346 valence electrons. The van der Waals surface area contributed by atoms with Gasteiger partial charge in [0.05, 0.1) is 0 Å². The van der Waals surface area contributed by atoms with Crippen molar-refractivity contribution in [2.45, 2.75) is 110 Å². The van der Waals surface area contributed by atoms with Gasteiger partial charge in [0.2, 0.25) is 0 Å². The van der Waals surface area contributed by atoms with Crippen LogP contribution < -0.4 is 31.1 Å². The lowest BCUT2D eigenvalue weighted by Gasteiger charge is -2.48. The molecule has 0 saturated heterocycles. The van der Waals surface area contributed by atoms with Gasteiger partial charge in [-0.3, -0.25) is 0 Å². The van der Waals surface area contributed by atoms with E-state index in [0.717, 1.165) is 82.3 Å². The maximum absolute atomic E-state index is 9.24. The molecule has 70 heavy (non-hydrogen) atoms. The summed E-state index contributed by atoms with van der Waals surface area (Å²) in [6, 6.07) is 60.1. The summed E-state index contributed by atoms with van der Waals surface area (Å²) >= 11 is 1.81. The molecule has 2 aliphatic carbocycles. The molecule has 9 aromatic rings. The Balaban J connectivity index is 1.15. The zero-order valence-electron chi connectivity index (χ0n) is 44.7. The molecule has 0 fully saturated rings. The van der Waals surface area contributed by atoms with Gasteiger partial charge in [-0.05, 0) is 183 Å². The summed E-state index contributed by atoms with van der Waals surface area (Å²) in [6.07, 6.45) is 4.41. The third-order valence-electron chi connectivity index (χ3n) is 17.0. The molecule has 0 N–H and O–H groups in total. The second-order valence-corrected chi connectivity index (χ2v) is 24.4. The molecule has 13 rings (SSSR count). The van der Waals surface area contributed by atoms with E-state index in [0.29, 0.717) is 5.56 Å². The second-order valence-electron chi connectivity index (χ2n) is 23.3. The maximum atomic E-state index is 9.24.